The summed E-state index contributed by atoms with van der Waals surface area (Å²) in [5.74, 6) is -0.399. The smallest absolute Gasteiger partial charge is 0.326 e. The van der Waals surface area contributed by atoms with E-state index in [1.165, 1.54) is 0 Å². The Morgan fingerprint density at radius 3 is 2.63 bits per heavy atom. The van der Waals surface area contributed by atoms with E-state index >= 15 is 0 Å². The Morgan fingerprint density at radius 1 is 1.11 bits per heavy atom. The number of esters is 1. The molecule has 1 amide bonds. The number of amides is 1. The molecule has 0 saturated carbocycles. The largest absolute Gasteiger partial charge is 0.451 e. The zero-order chi connectivity index (χ0) is 19.2. The zero-order valence-electron chi connectivity index (χ0n) is 15.0. The third-order valence-electron chi connectivity index (χ3n) is 3.79. The molecular weight excluding hydrogens is 346 g/mol. The average molecular weight is 365 g/mol. The Bertz CT molecular complexity index is 937. The second-order valence-electron chi connectivity index (χ2n) is 6.00. The van der Waals surface area contributed by atoms with Crippen molar-refractivity contribution in [3.8, 4) is 11.5 Å². The number of carbonyl (C=O) groups is 2. The van der Waals surface area contributed by atoms with E-state index < -0.39 is 12.1 Å². The Labute approximate surface area is 156 Å². The van der Waals surface area contributed by atoms with Crippen LogP contribution in [-0.4, -0.2) is 28.6 Å². The summed E-state index contributed by atoms with van der Waals surface area (Å²) in [7, 11) is 0. The molecule has 1 heterocycles. The summed E-state index contributed by atoms with van der Waals surface area (Å²) in [5, 5.41) is 10.4. The molecule has 1 N–H and O–H groups in total. The maximum atomic E-state index is 12.1. The van der Waals surface area contributed by atoms with Gasteiger partial charge in [0.2, 0.25) is 5.89 Å². The molecule has 3 aromatic rings. The highest BCUT2D eigenvalue weighted by atomic mass is 16.6. The molecule has 0 fully saturated rings. The maximum absolute atomic E-state index is 12.1. The third-order valence-corrected chi connectivity index (χ3v) is 3.79. The van der Waals surface area contributed by atoms with Crippen LogP contribution in [0.25, 0.3) is 11.5 Å². The van der Waals surface area contributed by atoms with Crippen molar-refractivity contribution in [1.82, 2.24) is 15.5 Å². The van der Waals surface area contributed by atoms with Crippen molar-refractivity contribution in [3.63, 3.8) is 0 Å². The van der Waals surface area contributed by atoms with Gasteiger partial charge in [0.05, 0.1) is 0 Å². The molecule has 1 aromatic heterocycles. The lowest BCUT2D eigenvalue weighted by molar-refractivity contribution is -0.148. The van der Waals surface area contributed by atoms with Gasteiger partial charge in [0.25, 0.3) is 11.8 Å². The van der Waals surface area contributed by atoms with Crippen LogP contribution in [0.3, 0.4) is 0 Å². The Kier molecular flexibility index (Phi) is 5.61. The lowest BCUT2D eigenvalue weighted by atomic mass is 10.1. The van der Waals surface area contributed by atoms with Gasteiger partial charge in [-0.25, -0.2) is 0 Å². The van der Waals surface area contributed by atoms with Crippen molar-refractivity contribution in [3.05, 3.63) is 71.6 Å². The van der Waals surface area contributed by atoms with E-state index in [1.54, 1.807) is 25.1 Å². The molecule has 0 bridgehead atoms. The standard InChI is InChI=1S/C20H19N3O4/c1-13-7-6-10-16(11-13)18(25)21-12-17(24)26-14(2)19-22-23-20(27-19)15-8-4-3-5-9-15/h3-11,14H,12H2,1-2H3,(H,21,25)/t14-/m1/s1. The van der Waals surface area contributed by atoms with Crippen molar-refractivity contribution < 1.29 is 18.7 Å². The number of ether oxygens (including phenoxy) is 1. The van der Waals surface area contributed by atoms with Crippen LogP contribution in [0.5, 0.6) is 0 Å². The molecule has 0 aliphatic heterocycles. The van der Waals surface area contributed by atoms with E-state index in [9.17, 15) is 9.59 Å². The Balaban J connectivity index is 1.53. The van der Waals surface area contributed by atoms with Crippen LogP contribution in [0.4, 0.5) is 0 Å². The molecule has 0 aliphatic carbocycles. The fraction of sp³-hybridized carbons (Fsp3) is 0.200. The molecule has 1 atom stereocenters. The van der Waals surface area contributed by atoms with E-state index in [0.29, 0.717) is 11.5 Å². The SMILES string of the molecule is Cc1cccc(C(=O)NCC(=O)O[C@H](C)c2nnc(-c3ccccc3)o2)c1. The van der Waals surface area contributed by atoms with Gasteiger partial charge in [-0.2, -0.15) is 0 Å². The number of nitrogens with one attached hydrogen (secondary N) is 1. The number of nitrogens with zero attached hydrogens (tertiary/aromatic N) is 2. The van der Waals surface area contributed by atoms with Crippen molar-refractivity contribution >= 4 is 11.9 Å². The molecule has 27 heavy (non-hydrogen) atoms. The number of carbonyl (C=O) groups excluding carboxylic acids is 2. The summed E-state index contributed by atoms with van der Waals surface area (Å²) in [6.45, 7) is 3.26. The summed E-state index contributed by atoms with van der Waals surface area (Å²) in [6, 6.07) is 16.4. The normalized spacial score (nSPS) is 11.6. The summed E-state index contributed by atoms with van der Waals surface area (Å²) in [6.07, 6.45) is -0.724. The van der Waals surface area contributed by atoms with Gasteiger partial charge >= 0.3 is 5.97 Å². The highest BCUT2D eigenvalue weighted by Crippen LogP contribution is 2.21. The molecule has 7 heteroatoms. The van der Waals surface area contributed by atoms with Gasteiger partial charge < -0.3 is 14.5 Å². The minimum Gasteiger partial charge on any atom is -0.451 e. The number of hydrogen-bond donors (Lipinski definition) is 1. The number of aromatic nitrogens is 2. The van der Waals surface area contributed by atoms with Crippen LogP contribution in [-0.2, 0) is 9.53 Å². The molecule has 2 aromatic carbocycles. The van der Waals surface area contributed by atoms with Gasteiger partial charge in [-0.05, 0) is 38.1 Å². The van der Waals surface area contributed by atoms with E-state index in [-0.39, 0.29) is 18.3 Å². The zero-order valence-corrected chi connectivity index (χ0v) is 15.0. The van der Waals surface area contributed by atoms with Gasteiger partial charge in [0.1, 0.15) is 6.54 Å². The highest BCUT2D eigenvalue weighted by Gasteiger charge is 2.19. The van der Waals surface area contributed by atoms with Crippen molar-refractivity contribution in [2.24, 2.45) is 0 Å². The fourth-order valence-electron chi connectivity index (χ4n) is 2.43. The fourth-order valence-corrected chi connectivity index (χ4v) is 2.43. The van der Waals surface area contributed by atoms with Crippen LogP contribution in [0, 0.1) is 6.92 Å². The van der Waals surface area contributed by atoms with Gasteiger partial charge in [0, 0.05) is 11.1 Å². The van der Waals surface area contributed by atoms with Gasteiger partial charge in [-0.15, -0.1) is 10.2 Å². The number of benzene rings is 2. The number of hydrogen-bond acceptors (Lipinski definition) is 6. The predicted molar refractivity (Wildman–Crippen MR) is 97.8 cm³/mol. The highest BCUT2D eigenvalue weighted by molar-refractivity contribution is 5.96. The summed E-state index contributed by atoms with van der Waals surface area (Å²) in [5.41, 5.74) is 2.23. The first-order valence-corrected chi connectivity index (χ1v) is 8.46. The van der Waals surface area contributed by atoms with Crippen molar-refractivity contribution in [2.75, 3.05) is 6.54 Å². The predicted octanol–water partition coefficient (Wildman–Crippen LogP) is 3.08. The number of rotatable bonds is 6. The third kappa shape index (κ3) is 4.78. The topological polar surface area (TPSA) is 94.3 Å². The van der Waals surface area contributed by atoms with E-state index in [0.717, 1.165) is 11.1 Å². The first kappa shape index (κ1) is 18.3. The molecule has 138 valence electrons. The maximum Gasteiger partial charge on any atom is 0.326 e. The van der Waals surface area contributed by atoms with Gasteiger partial charge in [0.15, 0.2) is 6.10 Å². The molecule has 3 rings (SSSR count). The monoisotopic (exact) mass is 365 g/mol. The molecule has 0 saturated heterocycles. The van der Waals surface area contributed by atoms with Crippen LogP contribution in [0.2, 0.25) is 0 Å². The van der Waals surface area contributed by atoms with E-state index in [1.807, 2.05) is 43.3 Å². The van der Waals surface area contributed by atoms with Crippen LogP contribution in [0.15, 0.2) is 59.0 Å². The minimum absolute atomic E-state index is 0.187. The summed E-state index contributed by atoms with van der Waals surface area (Å²) in [4.78, 5) is 24.0. The molecule has 0 unspecified atom stereocenters. The van der Waals surface area contributed by atoms with Gasteiger partial charge in [-0.1, -0.05) is 35.9 Å². The molecular formula is C20H19N3O4. The minimum atomic E-state index is -0.724. The van der Waals surface area contributed by atoms with Crippen LogP contribution >= 0.6 is 0 Å². The lowest BCUT2D eigenvalue weighted by Crippen LogP contribution is -2.31. The van der Waals surface area contributed by atoms with Gasteiger partial charge in [-0.3, -0.25) is 9.59 Å². The van der Waals surface area contributed by atoms with Crippen molar-refractivity contribution in [2.45, 2.75) is 20.0 Å². The summed E-state index contributed by atoms with van der Waals surface area (Å²) < 4.78 is 10.8. The first-order valence-electron chi connectivity index (χ1n) is 8.46. The Hall–Kier alpha value is -3.48. The Morgan fingerprint density at radius 2 is 1.89 bits per heavy atom. The quantitative estimate of drug-likeness (QED) is 0.675. The first-order chi connectivity index (χ1) is 13.0. The lowest BCUT2D eigenvalue weighted by Gasteiger charge is -2.10. The van der Waals surface area contributed by atoms with Crippen molar-refractivity contribution in [1.29, 1.82) is 0 Å². The molecule has 0 spiro atoms. The van der Waals surface area contributed by atoms with E-state index in [2.05, 4.69) is 15.5 Å². The second-order valence-corrected chi connectivity index (χ2v) is 6.00. The average Bonchev–Trinajstić information content (AvgIpc) is 3.17. The molecule has 0 radical (unpaired) electrons. The summed E-state index contributed by atoms with van der Waals surface area (Å²) >= 11 is 0. The van der Waals surface area contributed by atoms with Crippen LogP contribution < -0.4 is 5.32 Å². The second kappa shape index (κ2) is 8.27. The molecule has 7 nitrogen and oxygen atoms in total. The van der Waals surface area contributed by atoms with Crippen LogP contribution in [0.1, 0.15) is 34.8 Å². The molecule has 0 aliphatic rings. The number of aryl methyl sites for hydroxylation is 1. The van der Waals surface area contributed by atoms with E-state index in [4.69, 9.17) is 9.15 Å².